The molecular weight excluding hydrogens is 256 g/mol. The van der Waals surface area contributed by atoms with Crippen LogP contribution in [0.15, 0.2) is 0 Å². The van der Waals surface area contributed by atoms with Crippen molar-refractivity contribution in [2.24, 2.45) is 17.8 Å². The van der Waals surface area contributed by atoms with Gasteiger partial charge in [-0.2, -0.15) is 0 Å². The molecule has 2 nitrogen and oxygen atoms in total. The Hall–Kier alpha value is -0.0500. The third kappa shape index (κ3) is 1.73. The molecule has 0 N–H and O–H groups in total. The van der Waals surface area contributed by atoms with Gasteiger partial charge in [0.05, 0.1) is 0 Å². The highest BCUT2D eigenvalue weighted by atomic mass is 79.9. The summed E-state index contributed by atoms with van der Waals surface area (Å²) in [5, 5.41) is 0.342. The topological polar surface area (TPSA) is 26.3 Å². The number of hydrogen-bond acceptors (Lipinski definition) is 2. The Morgan fingerprint density at radius 3 is 2.00 bits per heavy atom. The number of carbonyl (C=O) groups is 1. The molecule has 0 unspecified atom stereocenters. The second-order valence-electron chi connectivity index (χ2n) is 5.71. The van der Waals surface area contributed by atoms with Crippen LogP contribution in [0.1, 0.15) is 38.5 Å². The van der Waals surface area contributed by atoms with Gasteiger partial charge >= 0.3 is 5.97 Å². The second kappa shape index (κ2) is 3.47. The van der Waals surface area contributed by atoms with E-state index < -0.39 is 0 Å². The molecule has 4 fully saturated rings. The van der Waals surface area contributed by atoms with Gasteiger partial charge in [0.2, 0.25) is 0 Å². The van der Waals surface area contributed by atoms with Crippen molar-refractivity contribution in [2.75, 3.05) is 5.33 Å². The Morgan fingerprint density at radius 2 is 1.60 bits per heavy atom. The standard InChI is InChI=1S/C12H17BrO2/c13-7-11(14)15-12-4-8-1-9(5-12)3-10(2-8)6-12/h8-10H,1-7H2. The van der Waals surface area contributed by atoms with Gasteiger partial charge in [-0.25, -0.2) is 0 Å². The van der Waals surface area contributed by atoms with Gasteiger partial charge in [-0.15, -0.1) is 0 Å². The minimum atomic E-state index is -0.0723. The van der Waals surface area contributed by atoms with Crippen LogP contribution in [-0.2, 0) is 9.53 Å². The van der Waals surface area contributed by atoms with Crippen molar-refractivity contribution in [3.63, 3.8) is 0 Å². The molecule has 0 aromatic rings. The number of ether oxygens (including phenoxy) is 1. The third-order valence-corrected chi connectivity index (χ3v) is 4.88. The Labute approximate surface area is 98.9 Å². The van der Waals surface area contributed by atoms with Crippen LogP contribution in [-0.4, -0.2) is 16.9 Å². The number of rotatable bonds is 2. The highest BCUT2D eigenvalue weighted by Crippen LogP contribution is 2.57. The fraction of sp³-hybridized carbons (Fsp3) is 0.917. The van der Waals surface area contributed by atoms with Gasteiger partial charge in [-0.3, -0.25) is 4.79 Å². The zero-order valence-corrected chi connectivity index (χ0v) is 10.5. The maximum atomic E-state index is 11.4. The maximum Gasteiger partial charge on any atom is 0.317 e. The zero-order chi connectivity index (χ0) is 10.5. The van der Waals surface area contributed by atoms with E-state index in [-0.39, 0.29) is 11.6 Å². The highest BCUT2D eigenvalue weighted by Gasteiger charge is 2.53. The number of esters is 1. The molecule has 0 amide bonds. The second-order valence-corrected chi connectivity index (χ2v) is 6.27. The third-order valence-electron chi connectivity index (χ3n) is 4.42. The molecule has 0 aliphatic heterocycles. The first-order valence-corrected chi connectivity index (χ1v) is 7.09. The molecule has 4 aliphatic carbocycles. The molecule has 0 radical (unpaired) electrons. The predicted octanol–water partition coefficient (Wildman–Crippen LogP) is 2.89. The van der Waals surface area contributed by atoms with Gasteiger partial charge in [-0.1, -0.05) is 15.9 Å². The fourth-order valence-corrected chi connectivity index (χ4v) is 4.54. The van der Waals surface area contributed by atoms with E-state index in [1.54, 1.807) is 0 Å². The summed E-state index contributed by atoms with van der Waals surface area (Å²) in [5.74, 6) is 2.47. The monoisotopic (exact) mass is 272 g/mol. The number of alkyl halides is 1. The van der Waals surface area contributed by atoms with Crippen LogP contribution < -0.4 is 0 Å². The molecule has 3 heteroatoms. The lowest BCUT2D eigenvalue weighted by atomic mass is 9.54. The van der Waals surface area contributed by atoms with Crippen LogP contribution in [0.25, 0.3) is 0 Å². The Balaban J connectivity index is 1.78. The van der Waals surface area contributed by atoms with Crippen molar-refractivity contribution in [3.8, 4) is 0 Å². The molecule has 84 valence electrons. The van der Waals surface area contributed by atoms with E-state index in [4.69, 9.17) is 4.74 Å². The van der Waals surface area contributed by atoms with Crippen LogP contribution in [0.4, 0.5) is 0 Å². The molecule has 0 saturated heterocycles. The first-order valence-electron chi connectivity index (χ1n) is 5.97. The predicted molar refractivity (Wildman–Crippen MR) is 60.8 cm³/mol. The molecule has 4 rings (SSSR count). The fourth-order valence-electron chi connectivity index (χ4n) is 4.42. The average Bonchev–Trinajstić information content (AvgIpc) is 2.14. The molecule has 0 aromatic heterocycles. The van der Waals surface area contributed by atoms with E-state index in [1.165, 1.54) is 19.3 Å². The van der Waals surface area contributed by atoms with Gasteiger partial charge in [0.25, 0.3) is 0 Å². The van der Waals surface area contributed by atoms with Crippen LogP contribution in [0.3, 0.4) is 0 Å². The molecule has 0 heterocycles. The Morgan fingerprint density at radius 1 is 1.13 bits per heavy atom. The summed E-state index contributed by atoms with van der Waals surface area (Å²) >= 11 is 3.18. The Kier molecular flexibility index (Phi) is 2.35. The first kappa shape index (κ1) is 10.1. The van der Waals surface area contributed by atoms with Crippen LogP contribution in [0.5, 0.6) is 0 Å². The minimum Gasteiger partial charge on any atom is -0.458 e. The van der Waals surface area contributed by atoms with E-state index in [2.05, 4.69) is 15.9 Å². The lowest BCUT2D eigenvalue weighted by Crippen LogP contribution is -2.52. The quantitative estimate of drug-likeness (QED) is 0.571. The van der Waals surface area contributed by atoms with Crippen LogP contribution in [0, 0.1) is 17.8 Å². The lowest BCUT2D eigenvalue weighted by Gasteiger charge is -2.55. The molecule has 4 aliphatic rings. The molecule has 15 heavy (non-hydrogen) atoms. The van der Waals surface area contributed by atoms with Gasteiger partial charge in [0.1, 0.15) is 10.9 Å². The van der Waals surface area contributed by atoms with Crippen molar-refractivity contribution in [2.45, 2.75) is 44.1 Å². The summed E-state index contributed by atoms with van der Waals surface area (Å²) in [7, 11) is 0. The molecular formula is C12H17BrO2. The van der Waals surface area contributed by atoms with Gasteiger partial charge in [-0.05, 0) is 56.3 Å². The SMILES string of the molecule is O=C(CBr)OC12CC3CC(CC(C3)C1)C2. The summed E-state index contributed by atoms with van der Waals surface area (Å²) in [5.41, 5.74) is -0.0559. The maximum absolute atomic E-state index is 11.4. The van der Waals surface area contributed by atoms with Crippen molar-refractivity contribution >= 4 is 21.9 Å². The molecule has 0 spiro atoms. The highest BCUT2D eigenvalue weighted by molar-refractivity contribution is 9.09. The summed E-state index contributed by atoms with van der Waals surface area (Å²) in [6.07, 6.45) is 7.59. The molecule has 4 saturated carbocycles. The lowest BCUT2D eigenvalue weighted by molar-refractivity contribution is -0.183. The zero-order valence-electron chi connectivity index (χ0n) is 8.88. The van der Waals surface area contributed by atoms with Crippen molar-refractivity contribution in [1.29, 1.82) is 0 Å². The normalized spacial score (nSPS) is 46.9. The van der Waals surface area contributed by atoms with E-state index in [9.17, 15) is 4.79 Å². The van der Waals surface area contributed by atoms with Gasteiger partial charge in [0, 0.05) is 0 Å². The van der Waals surface area contributed by atoms with E-state index >= 15 is 0 Å². The summed E-state index contributed by atoms with van der Waals surface area (Å²) in [4.78, 5) is 11.4. The molecule has 0 atom stereocenters. The van der Waals surface area contributed by atoms with E-state index in [1.807, 2.05) is 0 Å². The van der Waals surface area contributed by atoms with Gasteiger partial charge in [0.15, 0.2) is 0 Å². The van der Waals surface area contributed by atoms with Crippen LogP contribution in [0.2, 0.25) is 0 Å². The number of hydrogen-bond donors (Lipinski definition) is 0. The minimum absolute atomic E-state index is 0.0559. The van der Waals surface area contributed by atoms with Crippen molar-refractivity contribution in [3.05, 3.63) is 0 Å². The molecule has 4 bridgehead atoms. The van der Waals surface area contributed by atoms with Crippen molar-refractivity contribution < 1.29 is 9.53 Å². The first-order chi connectivity index (χ1) is 7.19. The van der Waals surface area contributed by atoms with Crippen molar-refractivity contribution in [1.82, 2.24) is 0 Å². The van der Waals surface area contributed by atoms with E-state index in [0.29, 0.717) is 5.33 Å². The molecule has 0 aromatic carbocycles. The van der Waals surface area contributed by atoms with Gasteiger partial charge < -0.3 is 4.74 Å². The summed E-state index contributed by atoms with van der Waals surface area (Å²) in [6.45, 7) is 0. The smallest absolute Gasteiger partial charge is 0.317 e. The largest absolute Gasteiger partial charge is 0.458 e. The number of carbonyl (C=O) groups excluding carboxylic acids is 1. The number of halogens is 1. The average molecular weight is 273 g/mol. The summed E-state index contributed by atoms with van der Waals surface area (Å²) in [6, 6.07) is 0. The van der Waals surface area contributed by atoms with Crippen LogP contribution >= 0.6 is 15.9 Å². The summed E-state index contributed by atoms with van der Waals surface area (Å²) < 4.78 is 5.71. The van der Waals surface area contributed by atoms with E-state index in [0.717, 1.165) is 37.0 Å². The Bertz CT molecular complexity index is 252.